The predicted octanol–water partition coefficient (Wildman–Crippen LogP) is -1.56. The molecular weight excluding hydrogens is 354 g/mol. The number of aliphatic hydroxyl groups excluding tert-OH is 3. The van der Waals surface area contributed by atoms with Gasteiger partial charge in [0.15, 0.2) is 17.7 Å². The zero-order valence-corrected chi connectivity index (χ0v) is 15.3. The van der Waals surface area contributed by atoms with E-state index in [1.807, 2.05) is 0 Å². The SMILES string of the molecule is CO[C@@H]1[C@H](O)[C@@H](CO)O[C@H]1N1CN=C2C1=NC=NC2(N)C1CCC(O)CC1. The van der Waals surface area contributed by atoms with Crippen molar-refractivity contribution in [3.8, 4) is 0 Å². The molecule has 3 heterocycles. The number of aliphatic hydroxyl groups is 3. The Bertz CT molecular complexity index is 662. The van der Waals surface area contributed by atoms with E-state index in [0.29, 0.717) is 24.4 Å². The van der Waals surface area contributed by atoms with Gasteiger partial charge in [-0.25, -0.2) is 9.98 Å². The highest BCUT2D eigenvalue weighted by Gasteiger charge is 2.53. The van der Waals surface area contributed by atoms with E-state index in [-0.39, 0.29) is 25.3 Å². The Morgan fingerprint density at radius 3 is 2.74 bits per heavy atom. The maximum absolute atomic E-state index is 10.3. The quantitative estimate of drug-likeness (QED) is 0.461. The van der Waals surface area contributed by atoms with Gasteiger partial charge in [0.2, 0.25) is 0 Å². The fraction of sp³-hybridized carbons (Fsp3) is 0.824. The topological polar surface area (TPSA) is 145 Å². The zero-order chi connectivity index (χ0) is 19.2. The van der Waals surface area contributed by atoms with Gasteiger partial charge in [0.1, 0.15) is 37.0 Å². The number of aliphatic imine (C=N–C) groups is 3. The van der Waals surface area contributed by atoms with Gasteiger partial charge in [0, 0.05) is 13.0 Å². The van der Waals surface area contributed by atoms with E-state index in [9.17, 15) is 15.3 Å². The molecule has 27 heavy (non-hydrogen) atoms. The first-order chi connectivity index (χ1) is 13.0. The molecule has 1 aliphatic carbocycles. The molecule has 150 valence electrons. The summed E-state index contributed by atoms with van der Waals surface area (Å²) in [4.78, 5) is 15.2. The lowest BCUT2D eigenvalue weighted by molar-refractivity contribution is -0.0765. The van der Waals surface area contributed by atoms with Crippen molar-refractivity contribution in [3.63, 3.8) is 0 Å². The van der Waals surface area contributed by atoms with E-state index in [2.05, 4.69) is 15.0 Å². The highest BCUT2D eigenvalue weighted by Crippen LogP contribution is 2.37. The zero-order valence-electron chi connectivity index (χ0n) is 15.3. The molecule has 1 saturated heterocycles. The van der Waals surface area contributed by atoms with Crippen molar-refractivity contribution in [1.29, 1.82) is 0 Å². The summed E-state index contributed by atoms with van der Waals surface area (Å²) in [6.45, 7) is -0.0422. The van der Waals surface area contributed by atoms with Gasteiger partial charge in [-0.1, -0.05) is 0 Å². The summed E-state index contributed by atoms with van der Waals surface area (Å²) >= 11 is 0. The van der Waals surface area contributed by atoms with Crippen LogP contribution in [0, 0.1) is 5.92 Å². The van der Waals surface area contributed by atoms with Gasteiger partial charge in [-0.3, -0.25) is 4.99 Å². The first-order valence-electron chi connectivity index (χ1n) is 9.37. The number of hydrogen-bond donors (Lipinski definition) is 4. The van der Waals surface area contributed by atoms with Crippen LogP contribution in [0.25, 0.3) is 0 Å². The standard InChI is InChI=1S/C17H27N5O5/c1-26-13-12(25)11(6-23)27-16(13)22-8-20-14-15(22)19-7-21-17(14,18)9-2-4-10(24)5-3-9/h7,9-13,16,23-25H,2-6,8,18H2,1H3/t9?,10?,11-,12-,13-,16-,17?/m1/s1. The Labute approximate surface area is 157 Å². The van der Waals surface area contributed by atoms with E-state index in [1.165, 1.54) is 13.4 Å². The average Bonchev–Trinajstić information content (AvgIpc) is 3.23. The van der Waals surface area contributed by atoms with Crippen LogP contribution in [0.3, 0.4) is 0 Å². The first kappa shape index (κ1) is 18.9. The largest absolute Gasteiger partial charge is 0.394 e. The normalized spacial score (nSPS) is 44.3. The van der Waals surface area contributed by atoms with E-state index in [4.69, 9.17) is 15.2 Å². The molecule has 2 fully saturated rings. The van der Waals surface area contributed by atoms with E-state index >= 15 is 0 Å². The third kappa shape index (κ3) is 3.00. The number of fused-ring (bicyclic) bond motifs is 1. The van der Waals surface area contributed by atoms with Gasteiger partial charge in [-0.2, -0.15) is 0 Å². The molecule has 5 atom stereocenters. The molecule has 5 N–H and O–H groups in total. The van der Waals surface area contributed by atoms with Crippen molar-refractivity contribution in [2.24, 2.45) is 26.6 Å². The molecule has 0 aromatic carbocycles. The lowest BCUT2D eigenvalue weighted by Crippen LogP contribution is -2.59. The molecule has 1 saturated carbocycles. The third-order valence-corrected chi connectivity index (χ3v) is 6.09. The summed E-state index contributed by atoms with van der Waals surface area (Å²) in [5.74, 6) is 0.635. The first-order valence-corrected chi connectivity index (χ1v) is 9.37. The summed E-state index contributed by atoms with van der Waals surface area (Å²) in [6, 6.07) is 0. The summed E-state index contributed by atoms with van der Waals surface area (Å²) in [5.41, 5.74) is 6.31. The summed E-state index contributed by atoms with van der Waals surface area (Å²) < 4.78 is 11.2. The second-order valence-corrected chi connectivity index (χ2v) is 7.58. The Balaban J connectivity index is 1.56. The minimum absolute atomic E-state index is 0.0693. The molecule has 4 aliphatic rings. The molecule has 0 aromatic heterocycles. The number of nitrogens with zero attached hydrogens (tertiary/aromatic N) is 4. The Kier molecular flexibility index (Phi) is 5.04. The molecule has 10 heteroatoms. The van der Waals surface area contributed by atoms with Crippen LogP contribution in [-0.2, 0) is 9.47 Å². The van der Waals surface area contributed by atoms with Crippen LogP contribution < -0.4 is 5.73 Å². The van der Waals surface area contributed by atoms with Gasteiger partial charge in [-0.05, 0) is 25.7 Å². The number of nitrogens with two attached hydrogens (primary N) is 1. The van der Waals surface area contributed by atoms with Crippen molar-refractivity contribution >= 4 is 17.9 Å². The molecule has 0 amide bonds. The van der Waals surface area contributed by atoms with Crippen LogP contribution in [0.2, 0.25) is 0 Å². The van der Waals surface area contributed by atoms with Gasteiger partial charge in [-0.15, -0.1) is 0 Å². The summed E-state index contributed by atoms with van der Waals surface area (Å²) in [6.07, 6.45) is 1.16. The van der Waals surface area contributed by atoms with Crippen molar-refractivity contribution in [1.82, 2.24) is 4.90 Å². The van der Waals surface area contributed by atoms with Crippen LogP contribution >= 0.6 is 0 Å². The van der Waals surface area contributed by atoms with Crippen molar-refractivity contribution in [3.05, 3.63) is 0 Å². The highest BCUT2D eigenvalue weighted by atomic mass is 16.6. The van der Waals surface area contributed by atoms with Crippen molar-refractivity contribution in [2.75, 3.05) is 20.4 Å². The second kappa shape index (κ2) is 7.19. The fourth-order valence-electron chi connectivity index (χ4n) is 4.49. The summed E-state index contributed by atoms with van der Waals surface area (Å²) in [7, 11) is 1.49. The molecule has 0 spiro atoms. The van der Waals surface area contributed by atoms with E-state index in [1.54, 1.807) is 4.90 Å². The number of rotatable bonds is 4. The maximum Gasteiger partial charge on any atom is 0.162 e. The number of hydrogen-bond acceptors (Lipinski definition) is 10. The molecule has 10 nitrogen and oxygen atoms in total. The van der Waals surface area contributed by atoms with Gasteiger partial charge in [0.25, 0.3) is 0 Å². The van der Waals surface area contributed by atoms with Gasteiger partial charge < -0.3 is 35.4 Å². The van der Waals surface area contributed by atoms with Crippen LogP contribution in [-0.4, -0.2) is 94.8 Å². The molecule has 0 bridgehead atoms. The summed E-state index contributed by atoms with van der Waals surface area (Å²) in [5, 5.41) is 29.6. The van der Waals surface area contributed by atoms with E-state index in [0.717, 1.165) is 12.8 Å². The lowest BCUT2D eigenvalue weighted by Gasteiger charge is -2.39. The smallest absolute Gasteiger partial charge is 0.162 e. The predicted molar refractivity (Wildman–Crippen MR) is 97.5 cm³/mol. The van der Waals surface area contributed by atoms with Crippen LogP contribution in [0.4, 0.5) is 0 Å². The minimum Gasteiger partial charge on any atom is -0.394 e. The van der Waals surface area contributed by atoms with Crippen molar-refractivity contribution in [2.45, 2.75) is 62.0 Å². The molecule has 3 aliphatic heterocycles. The second-order valence-electron chi connectivity index (χ2n) is 7.58. The maximum atomic E-state index is 10.3. The monoisotopic (exact) mass is 381 g/mol. The van der Waals surface area contributed by atoms with Crippen molar-refractivity contribution < 1.29 is 24.8 Å². The molecule has 0 radical (unpaired) electrons. The number of amidine groups is 1. The Morgan fingerprint density at radius 2 is 2.07 bits per heavy atom. The molecule has 1 unspecified atom stereocenters. The average molecular weight is 381 g/mol. The minimum atomic E-state index is -0.984. The third-order valence-electron chi connectivity index (χ3n) is 6.09. The Morgan fingerprint density at radius 1 is 1.33 bits per heavy atom. The van der Waals surface area contributed by atoms with Crippen LogP contribution in [0.15, 0.2) is 15.0 Å². The number of ether oxygens (including phenoxy) is 2. The fourth-order valence-corrected chi connectivity index (χ4v) is 4.49. The molecular formula is C17H27N5O5. The lowest BCUT2D eigenvalue weighted by atomic mass is 9.76. The molecule has 0 aromatic rings. The molecule has 4 rings (SSSR count). The van der Waals surface area contributed by atoms with Crippen LogP contribution in [0.1, 0.15) is 25.7 Å². The number of methoxy groups -OCH3 is 1. The van der Waals surface area contributed by atoms with Crippen LogP contribution in [0.5, 0.6) is 0 Å². The Hall–Kier alpha value is -1.43. The van der Waals surface area contributed by atoms with Gasteiger partial charge in [0.05, 0.1) is 12.7 Å². The van der Waals surface area contributed by atoms with Gasteiger partial charge >= 0.3 is 0 Å². The highest BCUT2D eigenvalue weighted by molar-refractivity contribution is 6.47. The van der Waals surface area contributed by atoms with E-state index < -0.39 is 30.2 Å².